The fourth-order valence-corrected chi connectivity index (χ4v) is 1.90. The number of aryl methyl sites for hydroxylation is 1. The summed E-state index contributed by atoms with van der Waals surface area (Å²) in [4.78, 5) is 15.8. The van der Waals surface area contributed by atoms with Crippen LogP contribution in [0.2, 0.25) is 0 Å². The highest BCUT2D eigenvalue weighted by Crippen LogP contribution is 2.28. The molecule has 1 aromatic carbocycles. The highest BCUT2D eigenvalue weighted by Gasteiger charge is 2.29. The molecule has 0 spiro atoms. The number of hydrogen-bond acceptors (Lipinski definition) is 4. The summed E-state index contributed by atoms with van der Waals surface area (Å²) >= 11 is 0. The largest absolute Gasteiger partial charge is 0.348 e. The van der Waals surface area contributed by atoms with E-state index in [-0.39, 0.29) is 11.8 Å². The Labute approximate surface area is 111 Å². The first kappa shape index (κ1) is 11.9. The molecule has 0 radical (unpaired) electrons. The number of aromatic nitrogens is 2. The Kier molecular flexibility index (Phi) is 3.03. The lowest BCUT2D eigenvalue weighted by Crippen LogP contribution is -2.24. The summed E-state index contributed by atoms with van der Waals surface area (Å²) in [5.41, 5.74) is 2.01. The van der Waals surface area contributed by atoms with Gasteiger partial charge in [0, 0.05) is 11.5 Å². The third-order valence-corrected chi connectivity index (χ3v) is 3.21. The molecule has 1 aliphatic rings. The predicted molar refractivity (Wildman–Crippen MR) is 69.0 cm³/mol. The Hall–Kier alpha value is -2.17. The van der Waals surface area contributed by atoms with Gasteiger partial charge in [-0.25, -0.2) is 0 Å². The van der Waals surface area contributed by atoms with E-state index >= 15 is 0 Å². The van der Waals surface area contributed by atoms with Gasteiger partial charge in [-0.2, -0.15) is 4.98 Å². The predicted octanol–water partition coefficient (Wildman–Crippen LogP) is 2.07. The van der Waals surface area contributed by atoms with Crippen LogP contribution >= 0.6 is 0 Å². The summed E-state index contributed by atoms with van der Waals surface area (Å²) in [6, 6.07) is 7.83. The first-order valence-corrected chi connectivity index (χ1v) is 6.40. The molecule has 19 heavy (non-hydrogen) atoms. The van der Waals surface area contributed by atoms with Crippen LogP contribution in [-0.2, 0) is 11.3 Å². The van der Waals surface area contributed by atoms with Crippen molar-refractivity contribution in [3.8, 4) is 11.5 Å². The molecule has 1 heterocycles. The van der Waals surface area contributed by atoms with Gasteiger partial charge in [0.05, 0.1) is 6.54 Å². The molecule has 1 N–H and O–H groups in total. The third-order valence-electron chi connectivity index (χ3n) is 3.21. The van der Waals surface area contributed by atoms with E-state index in [0.29, 0.717) is 18.3 Å². The van der Waals surface area contributed by atoms with Gasteiger partial charge in [0.1, 0.15) is 0 Å². The van der Waals surface area contributed by atoms with E-state index in [4.69, 9.17) is 4.52 Å². The molecule has 98 valence electrons. The smallest absolute Gasteiger partial charge is 0.258 e. The fraction of sp³-hybridized carbons (Fsp3) is 0.357. The molecular formula is C14H15N3O2. The van der Waals surface area contributed by atoms with Crippen molar-refractivity contribution < 1.29 is 9.32 Å². The maximum Gasteiger partial charge on any atom is 0.258 e. The van der Waals surface area contributed by atoms with Crippen molar-refractivity contribution in [1.29, 1.82) is 0 Å². The first-order valence-electron chi connectivity index (χ1n) is 6.40. The highest BCUT2D eigenvalue weighted by atomic mass is 16.5. The van der Waals surface area contributed by atoms with E-state index in [1.54, 1.807) is 0 Å². The molecule has 5 heteroatoms. The van der Waals surface area contributed by atoms with E-state index in [1.807, 2.05) is 31.2 Å². The number of nitrogens with one attached hydrogen (secondary N) is 1. The van der Waals surface area contributed by atoms with Gasteiger partial charge in [0.25, 0.3) is 5.89 Å². The summed E-state index contributed by atoms with van der Waals surface area (Å²) in [6.45, 7) is 2.32. The zero-order valence-corrected chi connectivity index (χ0v) is 10.7. The van der Waals surface area contributed by atoms with Gasteiger partial charge < -0.3 is 9.84 Å². The van der Waals surface area contributed by atoms with Crippen LogP contribution in [0.4, 0.5) is 0 Å². The van der Waals surface area contributed by atoms with Crippen LogP contribution in [-0.4, -0.2) is 16.0 Å². The molecule has 1 saturated carbocycles. The van der Waals surface area contributed by atoms with E-state index < -0.39 is 0 Å². The standard InChI is InChI=1S/C14H15N3O2/c1-9-4-2-3-5-11(9)14-16-12(17-19-14)8-15-13(18)10-6-7-10/h2-5,10H,6-8H2,1H3,(H,15,18). The van der Waals surface area contributed by atoms with Crippen LogP contribution in [0.25, 0.3) is 11.5 Å². The molecule has 0 saturated heterocycles. The zero-order chi connectivity index (χ0) is 13.2. The van der Waals surface area contributed by atoms with Crippen molar-refractivity contribution in [2.24, 2.45) is 5.92 Å². The van der Waals surface area contributed by atoms with Crippen molar-refractivity contribution in [3.05, 3.63) is 35.7 Å². The summed E-state index contributed by atoms with van der Waals surface area (Å²) in [5, 5.41) is 6.70. The Morgan fingerprint density at radius 1 is 1.42 bits per heavy atom. The minimum absolute atomic E-state index is 0.0854. The van der Waals surface area contributed by atoms with Crippen molar-refractivity contribution in [2.45, 2.75) is 26.3 Å². The zero-order valence-electron chi connectivity index (χ0n) is 10.7. The third kappa shape index (κ3) is 2.65. The van der Waals surface area contributed by atoms with E-state index in [1.165, 1.54) is 0 Å². The van der Waals surface area contributed by atoms with E-state index in [2.05, 4.69) is 15.5 Å². The van der Waals surface area contributed by atoms with Crippen molar-refractivity contribution >= 4 is 5.91 Å². The maximum atomic E-state index is 11.5. The monoisotopic (exact) mass is 257 g/mol. The average Bonchev–Trinajstić information content (AvgIpc) is 3.16. The number of benzene rings is 1. The summed E-state index contributed by atoms with van der Waals surface area (Å²) in [5.74, 6) is 1.28. The van der Waals surface area contributed by atoms with Crippen molar-refractivity contribution in [1.82, 2.24) is 15.5 Å². The molecule has 1 fully saturated rings. The molecular weight excluding hydrogens is 242 g/mol. The van der Waals surface area contributed by atoms with Gasteiger partial charge >= 0.3 is 0 Å². The van der Waals surface area contributed by atoms with Crippen LogP contribution in [0.15, 0.2) is 28.8 Å². The second-order valence-corrected chi connectivity index (χ2v) is 4.82. The fourth-order valence-electron chi connectivity index (χ4n) is 1.90. The van der Waals surface area contributed by atoms with Crippen molar-refractivity contribution in [3.63, 3.8) is 0 Å². The Bertz CT molecular complexity index is 602. The van der Waals surface area contributed by atoms with E-state index in [0.717, 1.165) is 24.0 Å². The molecule has 2 aromatic rings. The number of hydrogen-bond donors (Lipinski definition) is 1. The molecule has 0 atom stereocenters. The normalized spacial score (nSPS) is 14.4. The number of carbonyl (C=O) groups excluding carboxylic acids is 1. The summed E-state index contributed by atoms with van der Waals surface area (Å²) < 4.78 is 5.23. The average molecular weight is 257 g/mol. The summed E-state index contributed by atoms with van der Waals surface area (Å²) in [6.07, 6.45) is 1.99. The first-order chi connectivity index (χ1) is 9.24. The SMILES string of the molecule is Cc1ccccc1-c1nc(CNC(=O)C2CC2)no1. The highest BCUT2D eigenvalue weighted by molar-refractivity contribution is 5.80. The quantitative estimate of drug-likeness (QED) is 0.910. The Balaban J connectivity index is 1.69. The molecule has 3 rings (SSSR count). The second-order valence-electron chi connectivity index (χ2n) is 4.82. The number of rotatable bonds is 4. The minimum atomic E-state index is 0.0854. The topological polar surface area (TPSA) is 68.0 Å². The van der Waals surface area contributed by atoms with Gasteiger partial charge in [-0.15, -0.1) is 0 Å². The van der Waals surface area contributed by atoms with Crippen molar-refractivity contribution in [2.75, 3.05) is 0 Å². The van der Waals surface area contributed by atoms with E-state index in [9.17, 15) is 4.79 Å². The lowest BCUT2D eigenvalue weighted by atomic mass is 10.1. The Morgan fingerprint density at radius 2 is 2.21 bits per heavy atom. The summed E-state index contributed by atoms with van der Waals surface area (Å²) in [7, 11) is 0. The maximum absolute atomic E-state index is 11.5. The van der Waals surface area contributed by atoms with Crippen LogP contribution in [0.5, 0.6) is 0 Å². The second kappa shape index (κ2) is 4.84. The van der Waals surface area contributed by atoms with Crippen LogP contribution in [0, 0.1) is 12.8 Å². The number of nitrogens with zero attached hydrogens (tertiary/aromatic N) is 2. The van der Waals surface area contributed by atoms with Gasteiger partial charge in [0.15, 0.2) is 5.82 Å². The van der Waals surface area contributed by atoms with Crippen LogP contribution in [0.3, 0.4) is 0 Å². The van der Waals surface area contributed by atoms with Gasteiger partial charge in [-0.3, -0.25) is 4.79 Å². The molecule has 1 aromatic heterocycles. The molecule has 1 aliphatic carbocycles. The van der Waals surface area contributed by atoms with Crippen LogP contribution in [0.1, 0.15) is 24.2 Å². The van der Waals surface area contributed by atoms with Gasteiger partial charge in [0.2, 0.25) is 5.91 Å². The molecule has 0 bridgehead atoms. The molecule has 5 nitrogen and oxygen atoms in total. The van der Waals surface area contributed by atoms with Gasteiger partial charge in [-0.05, 0) is 31.4 Å². The lowest BCUT2D eigenvalue weighted by molar-refractivity contribution is -0.122. The minimum Gasteiger partial charge on any atom is -0.348 e. The molecule has 0 aliphatic heterocycles. The number of carbonyl (C=O) groups is 1. The molecule has 0 unspecified atom stereocenters. The molecule has 1 amide bonds. The van der Waals surface area contributed by atoms with Gasteiger partial charge in [-0.1, -0.05) is 23.4 Å². The number of amides is 1. The lowest BCUT2D eigenvalue weighted by Gasteiger charge is -1.99. The Morgan fingerprint density at radius 3 is 2.95 bits per heavy atom. The van der Waals surface area contributed by atoms with Crippen LogP contribution < -0.4 is 5.32 Å².